The zero-order valence-corrected chi connectivity index (χ0v) is 19.1. The van der Waals surface area contributed by atoms with Crippen molar-refractivity contribution in [3.8, 4) is 0 Å². The summed E-state index contributed by atoms with van der Waals surface area (Å²) in [7, 11) is 2.91. The molecule has 0 amide bonds. The lowest BCUT2D eigenvalue weighted by atomic mass is 9.44. The van der Waals surface area contributed by atoms with Gasteiger partial charge in [0.25, 0.3) is 0 Å². The average Bonchev–Trinajstić information content (AvgIpc) is 3.38. The van der Waals surface area contributed by atoms with Gasteiger partial charge in [0, 0.05) is 24.2 Å². The Bertz CT molecular complexity index is 862. The van der Waals surface area contributed by atoms with Crippen LogP contribution in [0.25, 0.3) is 0 Å². The van der Waals surface area contributed by atoms with Crippen LogP contribution >= 0.6 is 0 Å². The van der Waals surface area contributed by atoms with Gasteiger partial charge in [-0.2, -0.15) is 0 Å². The van der Waals surface area contributed by atoms with E-state index in [9.17, 15) is 14.4 Å². The molecule has 4 fully saturated rings. The van der Waals surface area contributed by atoms with Crippen LogP contribution in [-0.4, -0.2) is 43.6 Å². The second-order valence-electron chi connectivity index (χ2n) is 10.9. The van der Waals surface area contributed by atoms with Gasteiger partial charge in [-0.15, -0.1) is 0 Å². The Hall–Kier alpha value is -1.69. The Morgan fingerprint density at radius 2 is 1.97 bits per heavy atom. The quantitative estimate of drug-likeness (QED) is 0.500. The number of ketones is 1. The maximum Gasteiger partial charge on any atom is 0.309 e. The minimum Gasteiger partial charge on any atom is -0.469 e. The van der Waals surface area contributed by atoms with Gasteiger partial charge in [0.1, 0.15) is 5.60 Å². The Kier molecular flexibility index (Phi) is 4.71. The number of hydrogen-bond donors (Lipinski definition) is 0. The molecule has 1 spiro atoms. The van der Waals surface area contributed by atoms with Gasteiger partial charge >= 0.3 is 11.9 Å². The van der Waals surface area contributed by atoms with Crippen LogP contribution in [0.1, 0.15) is 65.2 Å². The molecule has 3 saturated carbocycles. The average molecular weight is 431 g/mol. The van der Waals surface area contributed by atoms with Crippen molar-refractivity contribution in [2.45, 2.75) is 76.9 Å². The molecule has 170 valence electrons. The third kappa shape index (κ3) is 2.69. The predicted molar refractivity (Wildman–Crippen MR) is 112 cm³/mol. The molecule has 1 saturated heterocycles. The second-order valence-corrected chi connectivity index (χ2v) is 10.9. The first-order chi connectivity index (χ1) is 14.7. The van der Waals surface area contributed by atoms with Crippen molar-refractivity contribution < 1.29 is 28.6 Å². The molecule has 31 heavy (non-hydrogen) atoms. The fourth-order valence-corrected chi connectivity index (χ4v) is 8.37. The van der Waals surface area contributed by atoms with Crippen molar-refractivity contribution in [2.75, 3.05) is 14.2 Å². The Labute approximate surface area is 184 Å². The number of epoxide rings is 1. The van der Waals surface area contributed by atoms with E-state index in [0.29, 0.717) is 31.1 Å². The summed E-state index contributed by atoms with van der Waals surface area (Å²) in [4.78, 5) is 37.1. The van der Waals surface area contributed by atoms with Crippen molar-refractivity contribution in [3.05, 3.63) is 11.6 Å². The number of fused-ring (bicyclic) bond motifs is 3. The maximum atomic E-state index is 13.0. The third-order valence-corrected chi connectivity index (χ3v) is 10.00. The van der Waals surface area contributed by atoms with Crippen LogP contribution < -0.4 is 0 Å². The van der Waals surface area contributed by atoms with E-state index in [0.717, 1.165) is 37.7 Å². The van der Waals surface area contributed by atoms with E-state index >= 15 is 0 Å². The standard InChI is InChI=1S/C25H34O6/c1-23-13-19-25(31-19)21(18(23)7-5-14(23)6-8-20(27)29-3)17(22(28)30-4)12-15-11-16(26)9-10-24(15,25)2/h11,14,17-19,21H,5-10,12-13H2,1-4H3/t14-,17?,18?,19+,21?,23+,24-,25?/m0/s1. The maximum absolute atomic E-state index is 13.0. The molecule has 6 heteroatoms. The number of rotatable bonds is 4. The lowest BCUT2D eigenvalue weighted by Gasteiger charge is -2.57. The molecule has 0 radical (unpaired) electrons. The topological polar surface area (TPSA) is 82.2 Å². The van der Waals surface area contributed by atoms with E-state index in [1.54, 1.807) is 6.08 Å². The molecule has 0 bridgehead atoms. The van der Waals surface area contributed by atoms with Crippen LogP contribution in [0.2, 0.25) is 0 Å². The third-order valence-electron chi connectivity index (χ3n) is 10.00. The smallest absolute Gasteiger partial charge is 0.309 e. The minimum absolute atomic E-state index is 0.0394. The van der Waals surface area contributed by atoms with Crippen molar-refractivity contribution in [1.82, 2.24) is 0 Å². The van der Waals surface area contributed by atoms with E-state index in [1.165, 1.54) is 14.2 Å². The number of esters is 2. The Balaban J connectivity index is 1.53. The summed E-state index contributed by atoms with van der Waals surface area (Å²) in [5.41, 5.74) is 0.573. The molecular formula is C25H34O6. The molecule has 1 heterocycles. The molecule has 0 aromatic heterocycles. The van der Waals surface area contributed by atoms with E-state index < -0.39 is 0 Å². The van der Waals surface area contributed by atoms with Crippen molar-refractivity contribution in [1.29, 1.82) is 0 Å². The van der Waals surface area contributed by atoms with Gasteiger partial charge in [0.15, 0.2) is 5.78 Å². The lowest BCUT2D eigenvalue weighted by Crippen LogP contribution is -2.61. The monoisotopic (exact) mass is 430 g/mol. The molecule has 5 rings (SSSR count). The SMILES string of the molecule is COC(=O)CC[C@@H]1CCC2C3C(C(=O)OC)CC4=CC(=O)CC[C@]4(C)C34O[C@@H]4C[C@@]21C. The molecule has 6 nitrogen and oxygen atoms in total. The predicted octanol–water partition coefficient (Wildman–Crippen LogP) is 3.62. The fraction of sp³-hybridized carbons (Fsp3) is 0.800. The molecule has 8 atom stereocenters. The molecule has 0 N–H and O–H groups in total. The molecular weight excluding hydrogens is 396 g/mol. The van der Waals surface area contributed by atoms with E-state index in [4.69, 9.17) is 14.2 Å². The Morgan fingerprint density at radius 1 is 1.19 bits per heavy atom. The van der Waals surface area contributed by atoms with Crippen molar-refractivity contribution >= 4 is 17.7 Å². The highest BCUT2D eigenvalue weighted by atomic mass is 16.6. The number of methoxy groups -OCH3 is 2. The Morgan fingerprint density at radius 3 is 2.68 bits per heavy atom. The number of carbonyl (C=O) groups excluding carboxylic acids is 3. The van der Waals surface area contributed by atoms with Gasteiger partial charge in [-0.05, 0) is 61.9 Å². The second kappa shape index (κ2) is 6.90. The van der Waals surface area contributed by atoms with E-state index in [2.05, 4.69) is 13.8 Å². The number of carbonyl (C=O) groups is 3. The first kappa shape index (κ1) is 21.2. The zero-order chi connectivity index (χ0) is 22.2. The van der Waals surface area contributed by atoms with Crippen LogP contribution in [0.15, 0.2) is 11.6 Å². The lowest BCUT2D eigenvalue weighted by molar-refractivity contribution is -0.157. The van der Waals surface area contributed by atoms with Gasteiger partial charge < -0.3 is 14.2 Å². The largest absolute Gasteiger partial charge is 0.469 e. The van der Waals surface area contributed by atoms with Crippen molar-refractivity contribution in [2.24, 2.45) is 34.5 Å². The van der Waals surface area contributed by atoms with Crippen LogP contribution in [0.5, 0.6) is 0 Å². The van der Waals surface area contributed by atoms with Gasteiger partial charge in [-0.1, -0.05) is 19.4 Å². The molecule has 1 aliphatic heterocycles. The van der Waals surface area contributed by atoms with E-state index in [1.807, 2.05) is 0 Å². The summed E-state index contributed by atoms with van der Waals surface area (Å²) < 4.78 is 16.8. The van der Waals surface area contributed by atoms with Crippen LogP contribution in [0.4, 0.5) is 0 Å². The molecule has 4 aliphatic carbocycles. The number of hydrogen-bond acceptors (Lipinski definition) is 6. The summed E-state index contributed by atoms with van der Waals surface area (Å²) in [6.07, 6.45) is 8.20. The highest BCUT2D eigenvalue weighted by Crippen LogP contribution is 2.77. The molecule has 5 aliphatic rings. The summed E-state index contributed by atoms with van der Waals surface area (Å²) in [5, 5.41) is 0. The van der Waals surface area contributed by atoms with Gasteiger partial charge in [0.2, 0.25) is 0 Å². The summed E-state index contributed by atoms with van der Waals surface area (Å²) >= 11 is 0. The summed E-state index contributed by atoms with van der Waals surface area (Å²) in [6.45, 7) is 4.61. The first-order valence-electron chi connectivity index (χ1n) is 11.8. The highest BCUT2D eigenvalue weighted by Gasteiger charge is 2.81. The summed E-state index contributed by atoms with van der Waals surface area (Å²) in [5.74, 6) is 0.434. The summed E-state index contributed by atoms with van der Waals surface area (Å²) in [6, 6.07) is 0. The van der Waals surface area contributed by atoms with Gasteiger partial charge in [-0.3, -0.25) is 14.4 Å². The van der Waals surface area contributed by atoms with Crippen LogP contribution in [0, 0.1) is 34.5 Å². The highest BCUT2D eigenvalue weighted by molar-refractivity contribution is 5.92. The van der Waals surface area contributed by atoms with Crippen LogP contribution in [-0.2, 0) is 28.6 Å². The van der Waals surface area contributed by atoms with E-state index in [-0.39, 0.29) is 52.1 Å². The molecule has 0 aromatic rings. The molecule has 0 aromatic carbocycles. The normalized spacial score (nSPS) is 47.3. The van der Waals surface area contributed by atoms with Crippen LogP contribution in [0.3, 0.4) is 0 Å². The van der Waals surface area contributed by atoms with Gasteiger partial charge in [-0.25, -0.2) is 0 Å². The first-order valence-corrected chi connectivity index (χ1v) is 11.8. The molecule has 4 unspecified atom stereocenters. The van der Waals surface area contributed by atoms with Crippen molar-refractivity contribution in [3.63, 3.8) is 0 Å². The zero-order valence-electron chi connectivity index (χ0n) is 19.1. The minimum atomic E-state index is -0.363. The number of ether oxygens (including phenoxy) is 3. The fourth-order valence-electron chi connectivity index (χ4n) is 8.37. The van der Waals surface area contributed by atoms with Gasteiger partial charge in [0.05, 0.1) is 26.2 Å².